The standard InChI is InChI=1S/C13H8BrClN4O4/c14-9-1-8(4-16-6-9)13(21)18-17-5-7-2-10(15)3-11(12(7)20)19(22)23/h1-6,20H,(H,18,21)/p-1/b17-5+. The summed E-state index contributed by atoms with van der Waals surface area (Å²) in [7, 11) is 0. The molecule has 0 aliphatic rings. The van der Waals surface area contributed by atoms with E-state index in [4.69, 9.17) is 11.6 Å². The van der Waals surface area contributed by atoms with E-state index in [1.54, 1.807) is 0 Å². The summed E-state index contributed by atoms with van der Waals surface area (Å²) in [5.74, 6) is -1.40. The molecule has 0 atom stereocenters. The highest BCUT2D eigenvalue weighted by Gasteiger charge is 2.11. The van der Waals surface area contributed by atoms with Crippen LogP contribution in [0.4, 0.5) is 5.69 Å². The molecular weight excluding hydrogens is 392 g/mol. The number of rotatable bonds is 4. The van der Waals surface area contributed by atoms with Gasteiger partial charge in [-0.3, -0.25) is 19.9 Å². The smallest absolute Gasteiger partial charge is 0.272 e. The minimum atomic E-state index is -0.846. The van der Waals surface area contributed by atoms with E-state index in [9.17, 15) is 20.0 Å². The van der Waals surface area contributed by atoms with Crippen LogP contribution in [-0.2, 0) is 0 Å². The molecule has 0 aliphatic heterocycles. The maximum Gasteiger partial charge on any atom is 0.272 e. The molecule has 1 heterocycles. The van der Waals surface area contributed by atoms with Gasteiger partial charge in [-0.15, -0.1) is 0 Å². The molecule has 0 bridgehead atoms. The number of benzene rings is 1. The van der Waals surface area contributed by atoms with E-state index in [0.717, 1.165) is 12.3 Å². The van der Waals surface area contributed by atoms with Crippen LogP contribution in [0.25, 0.3) is 0 Å². The van der Waals surface area contributed by atoms with E-state index in [1.165, 1.54) is 24.5 Å². The van der Waals surface area contributed by atoms with Gasteiger partial charge < -0.3 is 5.11 Å². The predicted molar refractivity (Wildman–Crippen MR) is 84.5 cm³/mol. The Hall–Kier alpha value is -2.52. The van der Waals surface area contributed by atoms with Gasteiger partial charge in [0.25, 0.3) is 11.6 Å². The number of hydrogen-bond donors (Lipinski definition) is 1. The van der Waals surface area contributed by atoms with Gasteiger partial charge in [0.1, 0.15) is 0 Å². The second-order valence-electron chi connectivity index (χ2n) is 4.19. The number of hydrogen-bond acceptors (Lipinski definition) is 6. The molecule has 0 fully saturated rings. The first-order valence-electron chi connectivity index (χ1n) is 5.97. The van der Waals surface area contributed by atoms with Crippen molar-refractivity contribution in [3.05, 3.63) is 61.3 Å². The number of nitro benzene ring substituents is 1. The summed E-state index contributed by atoms with van der Waals surface area (Å²) in [5.41, 5.74) is 1.65. The summed E-state index contributed by atoms with van der Waals surface area (Å²) < 4.78 is 0.612. The quantitative estimate of drug-likeness (QED) is 0.481. The zero-order valence-electron chi connectivity index (χ0n) is 11.2. The van der Waals surface area contributed by atoms with Crippen molar-refractivity contribution in [1.29, 1.82) is 0 Å². The highest BCUT2D eigenvalue weighted by Crippen LogP contribution is 2.29. The molecule has 1 amide bonds. The molecule has 118 valence electrons. The van der Waals surface area contributed by atoms with Gasteiger partial charge in [-0.1, -0.05) is 11.6 Å². The first-order chi connectivity index (χ1) is 10.9. The number of hydrazone groups is 1. The van der Waals surface area contributed by atoms with Crippen LogP contribution in [0.2, 0.25) is 5.02 Å². The second-order valence-corrected chi connectivity index (χ2v) is 5.54. The lowest BCUT2D eigenvalue weighted by molar-refractivity contribution is -0.398. The Balaban J connectivity index is 2.18. The van der Waals surface area contributed by atoms with Crippen molar-refractivity contribution in [3.63, 3.8) is 0 Å². The van der Waals surface area contributed by atoms with Crippen LogP contribution in [0.3, 0.4) is 0 Å². The highest BCUT2D eigenvalue weighted by atomic mass is 79.9. The number of nitro groups is 1. The maximum absolute atomic E-state index is 11.8. The van der Waals surface area contributed by atoms with Crippen molar-refractivity contribution in [1.82, 2.24) is 10.4 Å². The molecule has 0 aliphatic carbocycles. The van der Waals surface area contributed by atoms with Gasteiger partial charge in [0.2, 0.25) is 0 Å². The van der Waals surface area contributed by atoms with Crippen molar-refractivity contribution < 1.29 is 14.8 Å². The largest absolute Gasteiger partial charge is 0.867 e. The summed E-state index contributed by atoms with van der Waals surface area (Å²) in [4.78, 5) is 25.6. The molecule has 1 aromatic heterocycles. The van der Waals surface area contributed by atoms with Gasteiger partial charge >= 0.3 is 0 Å². The highest BCUT2D eigenvalue weighted by molar-refractivity contribution is 9.10. The molecule has 2 rings (SSSR count). The molecule has 1 N–H and O–H groups in total. The number of nitrogens with one attached hydrogen (secondary N) is 1. The Kier molecular flexibility index (Phi) is 5.24. The third kappa shape index (κ3) is 4.24. The summed E-state index contributed by atoms with van der Waals surface area (Å²) in [6.07, 6.45) is 3.83. The monoisotopic (exact) mass is 397 g/mol. The molecule has 10 heteroatoms. The number of amides is 1. The predicted octanol–water partition coefficient (Wildman–Crippen LogP) is 2.24. The van der Waals surface area contributed by atoms with Crippen LogP contribution in [-0.4, -0.2) is 22.0 Å². The molecule has 0 saturated carbocycles. The number of carbonyl (C=O) groups excluding carboxylic acids is 1. The number of halogens is 2. The average Bonchev–Trinajstić information content (AvgIpc) is 2.49. The van der Waals surface area contributed by atoms with Crippen LogP contribution in [0.1, 0.15) is 15.9 Å². The second kappa shape index (κ2) is 7.16. The van der Waals surface area contributed by atoms with Gasteiger partial charge in [-0.2, -0.15) is 5.10 Å². The van der Waals surface area contributed by atoms with E-state index >= 15 is 0 Å². The average molecular weight is 399 g/mol. The fourth-order valence-corrected chi connectivity index (χ4v) is 2.18. The maximum atomic E-state index is 11.8. The number of carbonyl (C=O) groups is 1. The first kappa shape index (κ1) is 16.8. The Morgan fingerprint density at radius 3 is 2.78 bits per heavy atom. The minimum absolute atomic E-state index is 0.0141. The van der Waals surface area contributed by atoms with Crippen LogP contribution in [0.5, 0.6) is 5.75 Å². The molecule has 0 spiro atoms. The molecule has 1 aromatic carbocycles. The van der Waals surface area contributed by atoms with Crippen molar-refractivity contribution in [2.45, 2.75) is 0 Å². The van der Waals surface area contributed by atoms with Crippen LogP contribution >= 0.6 is 27.5 Å². The van der Waals surface area contributed by atoms with Gasteiger partial charge in [0.05, 0.1) is 16.7 Å². The van der Waals surface area contributed by atoms with Crippen molar-refractivity contribution in [3.8, 4) is 5.75 Å². The lowest BCUT2D eigenvalue weighted by Crippen LogP contribution is -2.18. The normalized spacial score (nSPS) is 10.7. The molecule has 0 unspecified atom stereocenters. The van der Waals surface area contributed by atoms with E-state index in [1.807, 2.05) is 0 Å². The van der Waals surface area contributed by atoms with Crippen molar-refractivity contribution >= 4 is 45.3 Å². The van der Waals surface area contributed by atoms with E-state index in [0.29, 0.717) is 4.47 Å². The molecule has 2 aromatic rings. The fraction of sp³-hybridized carbons (Fsp3) is 0. The molecule has 8 nitrogen and oxygen atoms in total. The van der Waals surface area contributed by atoms with Gasteiger partial charge in [0, 0.05) is 28.0 Å². The topological polar surface area (TPSA) is 121 Å². The Morgan fingerprint density at radius 2 is 2.13 bits per heavy atom. The SMILES string of the molecule is O=C(N/N=C/c1cc(Cl)cc([N+](=O)[O-])c1[O-])c1cncc(Br)c1. The lowest BCUT2D eigenvalue weighted by atomic mass is 10.2. The van der Waals surface area contributed by atoms with Crippen LogP contribution in [0.15, 0.2) is 40.2 Å². The Morgan fingerprint density at radius 1 is 1.39 bits per heavy atom. The van der Waals surface area contributed by atoms with Crippen LogP contribution in [0, 0.1) is 10.1 Å². The van der Waals surface area contributed by atoms with Crippen molar-refractivity contribution in [2.75, 3.05) is 0 Å². The zero-order valence-corrected chi connectivity index (χ0v) is 13.5. The van der Waals surface area contributed by atoms with Gasteiger partial charge in [-0.25, -0.2) is 5.43 Å². The fourth-order valence-electron chi connectivity index (χ4n) is 1.59. The minimum Gasteiger partial charge on any atom is -0.867 e. The zero-order chi connectivity index (χ0) is 17.0. The summed E-state index contributed by atoms with van der Waals surface area (Å²) >= 11 is 8.89. The number of aromatic nitrogens is 1. The van der Waals surface area contributed by atoms with E-state index in [2.05, 4.69) is 31.4 Å². The number of nitrogens with zero attached hydrogens (tertiary/aromatic N) is 3. The summed E-state index contributed by atoms with van der Waals surface area (Å²) in [6.45, 7) is 0. The molecule has 0 saturated heterocycles. The Labute approximate surface area is 143 Å². The van der Waals surface area contributed by atoms with Gasteiger partial charge in [-0.05, 0) is 39.4 Å². The third-order valence-electron chi connectivity index (χ3n) is 2.60. The lowest BCUT2D eigenvalue weighted by Gasteiger charge is -2.10. The Bertz CT molecular complexity index is 813. The van der Waals surface area contributed by atoms with E-state index in [-0.39, 0.29) is 16.1 Å². The van der Waals surface area contributed by atoms with E-state index < -0.39 is 22.3 Å². The summed E-state index contributed by atoms with van der Waals surface area (Å²) in [5, 5.41) is 26.2. The molecule has 23 heavy (non-hydrogen) atoms. The number of pyridine rings is 1. The molecular formula is C13H7BrClN4O4-. The summed E-state index contributed by atoms with van der Waals surface area (Å²) in [6, 6.07) is 3.70. The van der Waals surface area contributed by atoms with Crippen LogP contribution < -0.4 is 10.5 Å². The molecule has 0 radical (unpaired) electrons. The first-order valence-corrected chi connectivity index (χ1v) is 7.14. The third-order valence-corrected chi connectivity index (χ3v) is 3.25. The van der Waals surface area contributed by atoms with Gasteiger partial charge in [0.15, 0.2) is 0 Å². The van der Waals surface area contributed by atoms with Crippen molar-refractivity contribution in [2.24, 2.45) is 5.10 Å².